The van der Waals surface area contributed by atoms with E-state index in [1.807, 2.05) is 13.8 Å². The van der Waals surface area contributed by atoms with Crippen LogP contribution in [0.4, 0.5) is 24.5 Å². The Morgan fingerprint density at radius 1 is 1.09 bits per heavy atom. The number of nitrogens with zero attached hydrogens (tertiary/aromatic N) is 1. The molecule has 186 valence electrons. The van der Waals surface area contributed by atoms with Crippen LogP contribution < -0.4 is 19.7 Å². The molecule has 1 N–H and O–H groups in total. The van der Waals surface area contributed by atoms with Crippen molar-refractivity contribution in [3.05, 3.63) is 57.7 Å². The molecule has 1 atom stereocenters. The van der Waals surface area contributed by atoms with Crippen molar-refractivity contribution in [2.75, 3.05) is 24.4 Å². The van der Waals surface area contributed by atoms with Crippen molar-refractivity contribution in [1.29, 1.82) is 0 Å². The van der Waals surface area contributed by atoms with Gasteiger partial charge in [0.1, 0.15) is 11.5 Å². The maximum atomic E-state index is 14.0. The molecule has 1 aliphatic carbocycles. The van der Waals surface area contributed by atoms with E-state index in [-0.39, 0.29) is 39.3 Å². The van der Waals surface area contributed by atoms with E-state index in [1.54, 1.807) is 24.3 Å². The van der Waals surface area contributed by atoms with Crippen molar-refractivity contribution in [3.63, 3.8) is 0 Å². The number of fused-ring (bicyclic) bond motifs is 1. The number of methoxy groups -OCH3 is 2. The van der Waals surface area contributed by atoms with Gasteiger partial charge in [0, 0.05) is 23.3 Å². The molecule has 2 aromatic rings. The molecule has 4 rings (SSSR count). The lowest BCUT2D eigenvalue weighted by atomic mass is 9.73. The lowest BCUT2D eigenvalue weighted by Crippen LogP contribution is -2.45. The van der Waals surface area contributed by atoms with Crippen LogP contribution in [0.3, 0.4) is 0 Å². The molecule has 0 saturated carbocycles. The number of allylic oxidation sites excluding steroid dienone is 1. The number of hydrogen-bond donors (Lipinski definition) is 1. The predicted molar refractivity (Wildman–Crippen MR) is 129 cm³/mol. The smallest absolute Gasteiger partial charge is 0.471 e. The van der Waals surface area contributed by atoms with Crippen LogP contribution in [0, 0.1) is 5.41 Å². The van der Waals surface area contributed by atoms with Crippen LogP contribution in [0.2, 0.25) is 0 Å². The van der Waals surface area contributed by atoms with Gasteiger partial charge in [0.15, 0.2) is 5.78 Å². The van der Waals surface area contributed by atoms with Gasteiger partial charge >= 0.3 is 12.1 Å². The van der Waals surface area contributed by atoms with Crippen molar-refractivity contribution < 1.29 is 32.2 Å². The molecular weight excluding hydrogens is 529 g/mol. The Hall–Kier alpha value is -3.01. The fourth-order valence-electron chi connectivity index (χ4n) is 4.77. The number of benzene rings is 2. The van der Waals surface area contributed by atoms with E-state index < -0.39 is 23.5 Å². The maximum Gasteiger partial charge on any atom is 0.471 e. The summed E-state index contributed by atoms with van der Waals surface area (Å²) in [6.45, 7) is 3.84. The van der Waals surface area contributed by atoms with Crippen LogP contribution in [0.1, 0.15) is 38.3 Å². The van der Waals surface area contributed by atoms with Crippen molar-refractivity contribution in [1.82, 2.24) is 0 Å². The molecule has 6 nitrogen and oxygen atoms in total. The monoisotopic (exact) mass is 552 g/mol. The third-order valence-electron chi connectivity index (χ3n) is 6.18. The largest absolute Gasteiger partial charge is 0.496 e. The Morgan fingerprint density at radius 2 is 1.71 bits per heavy atom. The number of anilines is 2. The number of para-hydroxylation sites is 2. The normalized spacial score (nSPS) is 19.4. The van der Waals surface area contributed by atoms with Gasteiger partial charge in [-0.05, 0) is 52.0 Å². The van der Waals surface area contributed by atoms with E-state index >= 15 is 0 Å². The molecule has 1 amide bonds. The van der Waals surface area contributed by atoms with Crippen LogP contribution in [-0.2, 0) is 9.59 Å². The number of ketones is 1. The molecule has 2 aliphatic rings. The first-order chi connectivity index (χ1) is 16.4. The van der Waals surface area contributed by atoms with Crippen LogP contribution in [0.25, 0.3) is 0 Å². The average Bonchev–Trinajstić information content (AvgIpc) is 2.90. The number of amides is 1. The van der Waals surface area contributed by atoms with E-state index in [2.05, 4.69) is 21.2 Å². The highest BCUT2D eigenvalue weighted by atomic mass is 79.9. The highest BCUT2D eigenvalue weighted by Gasteiger charge is 2.51. The molecule has 0 fully saturated rings. The maximum absolute atomic E-state index is 14.0. The molecule has 1 heterocycles. The van der Waals surface area contributed by atoms with Crippen LogP contribution >= 0.6 is 15.9 Å². The molecule has 0 bridgehead atoms. The van der Waals surface area contributed by atoms with Crippen LogP contribution in [0.15, 0.2) is 52.1 Å². The predicted octanol–water partition coefficient (Wildman–Crippen LogP) is 6.17. The first kappa shape index (κ1) is 25.1. The minimum atomic E-state index is -5.20. The summed E-state index contributed by atoms with van der Waals surface area (Å²) in [5.74, 6) is -1.93. The highest BCUT2D eigenvalue weighted by molar-refractivity contribution is 9.10. The summed E-state index contributed by atoms with van der Waals surface area (Å²) in [6.07, 6.45) is -4.69. The Balaban J connectivity index is 2.14. The summed E-state index contributed by atoms with van der Waals surface area (Å²) in [6, 6.07) is 7.90. The average molecular weight is 553 g/mol. The zero-order chi connectivity index (χ0) is 25.7. The van der Waals surface area contributed by atoms with Crippen molar-refractivity contribution in [3.8, 4) is 11.5 Å². The highest BCUT2D eigenvalue weighted by Crippen LogP contribution is 2.53. The SMILES string of the molecule is COc1ccc(OC)c([C@H]2C3=C(CC(C)(C)CC3=O)Nc3ccccc3N2C(=O)C(F)(F)F)c1Br. The van der Waals surface area contributed by atoms with Gasteiger partial charge in [0.25, 0.3) is 0 Å². The number of halogens is 4. The Kier molecular flexibility index (Phi) is 6.37. The fraction of sp³-hybridized carbons (Fsp3) is 0.360. The number of alkyl halides is 3. The first-order valence-electron chi connectivity index (χ1n) is 10.8. The Labute approximate surface area is 209 Å². The molecule has 35 heavy (non-hydrogen) atoms. The number of nitrogens with one attached hydrogen (secondary N) is 1. The first-order valence-corrected chi connectivity index (χ1v) is 11.6. The van der Waals surface area contributed by atoms with Gasteiger partial charge in [-0.3, -0.25) is 14.5 Å². The quantitative estimate of drug-likeness (QED) is 0.493. The summed E-state index contributed by atoms with van der Waals surface area (Å²) in [4.78, 5) is 27.3. The fourth-order valence-corrected chi connectivity index (χ4v) is 5.47. The summed E-state index contributed by atoms with van der Waals surface area (Å²) >= 11 is 3.44. The standard InChI is InChI=1S/C25H24BrF3N2O4/c1-24(2)11-14-19(16(32)12-24)22(20-17(34-3)9-10-18(35-4)21(20)26)31(23(33)25(27,28)29)15-8-6-5-7-13(15)30-14/h5-10,22,30H,11-12H2,1-4H3/t22-/m1/s1. The van der Waals surface area contributed by atoms with Gasteiger partial charge in [-0.1, -0.05) is 26.0 Å². The third-order valence-corrected chi connectivity index (χ3v) is 7.00. The Morgan fingerprint density at radius 3 is 2.34 bits per heavy atom. The van der Waals surface area contributed by atoms with Crippen LogP contribution in [-0.4, -0.2) is 32.1 Å². The van der Waals surface area contributed by atoms with E-state index in [9.17, 15) is 22.8 Å². The minimum absolute atomic E-state index is 0.00314. The van der Waals surface area contributed by atoms with E-state index in [4.69, 9.17) is 9.47 Å². The summed E-state index contributed by atoms with van der Waals surface area (Å²) < 4.78 is 53.3. The third kappa shape index (κ3) is 4.39. The van der Waals surface area contributed by atoms with Crippen molar-refractivity contribution >= 4 is 39.0 Å². The van der Waals surface area contributed by atoms with E-state index in [1.165, 1.54) is 26.4 Å². The zero-order valence-electron chi connectivity index (χ0n) is 19.5. The van der Waals surface area contributed by atoms with E-state index in [0.717, 1.165) is 0 Å². The number of carbonyl (C=O) groups excluding carboxylic acids is 2. The van der Waals surface area contributed by atoms with Crippen molar-refractivity contribution in [2.24, 2.45) is 5.41 Å². The second kappa shape index (κ2) is 8.89. The molecule has 0 unspecified atom stereocenters. The van der Waals surface area contributed by atoms with Gasteiger partial charge in [0.2, 0.25) is 0 Å². The molecule has 0 saturated heterocycles. The van der Waals surface area contributed by atoms with Gasteiger partial charge in [0.05, 0.1) is 36.1 Å². The summed E-state index contributed by atoms with van der Waals surface area (Å²) in [7, 11) is 2.79. The van der Waals surface area contributed by atoms with Gasteiger partial charge in [-0.15, -0.1) is 0 Å². The lowest BCUT2D eigenvalue weighted by Gasteiger charge is -2.38. The van der Waals surface area contributed by atoms with E-state index in [0.29, 0.717) is 28.5 Å². The molecule has 1 aliphatic heterocycles. The molecule has 0 spiro atoms. The molecule has 0 aromatic heterocycles. The number of ether oxygens (including phenoxy) is 2. The number of rotatable bonds is 3. The van der Waals surface area contributed by atoms with Crippen molar-refractivity contribution in [2.45, 2.75) is 38.9 Å². The summed E-state index contributed by atoms with van der Waals surface area (Å²) in [5, 5.41) is 3.18. The zero-order valence-corrected chi connectivity index (χ0v) is 21.1. The number of Topliss-reactive ketones (excluding diaryl/α,β-unsaturated/α-hetero) is 1. The Bertz CT molecular complexity index is 1240. The van der Waals surface area contributed by atoms with Gasteiger partial charge < -0.3 is 14.8 Å². The van der Waals surface area contributed by atoms with Gasteiger partial charge in [-0.2, -0.15) is 13.2 Å². The second-order valence-corrected chi connectivity index (χ2v) is 10.0. The minimum Gasteiger partial charge on any atom is -0.496 e. The summed E-state index contributed by atoms with van der Waals surface area (Å²) in [5.41, 5.74) is 0.605. The molecular formula is C25H24BrF3N2O4. The number of hydrogen-bond acceptors (Lipinski definition) is 5. The molecule has 2 aromatic carbocycles. The van der Waals surface area contributed by atoms with Gasteiger partial charge in [-0.25, -0.2) is 0 Å². The molecule has 10 heteroatoms. The number of carbonyl (C=O) groups is 2. The lowest BCUT2D eigenvalue weighted by molar-refractivity contribution is -0.170. The topological polar surface area (TPSA) is 67.9 Å². The molecule has 0 radical (unpaired) electrons. The van der Waals surface area contributed by atoms with Crippen LogP contribution in [0.5, 0.6) is 11.5 Å². The second-order valence-electron chi connectivity index (χ2n) is 9.25.